The summed E-state index contributed by atoms with van der Waals surface area (Å²) >= 11 is 1.84. The summed E-state index contributed by atoms with van der Waals surface area (Å²) in [6.45, 7) is 6.54. The molecule has 1 N–H and O–H groups in total. The highest BCUT2D eigenvalue weighted by Crippen LogP contribution is 2.21. The maximum atomic E-state index is 12.1. The molecule has 1 radical (unpaired) electrons. The van der Waals surface area contributed by atoms with Gasteiger partial charge in [-0.25, -0.2) is 0 Å². The van der Waals surface area contributed by atoms with Gasteiger partial charge in [0.2, 0.25) is 0 Å². The van der Waals surface area contributed by atoms with Crippen LogP contribution in [-0.2, 0) is 14.4 Å². The molecule has 3 unspecified atom stereocenters. The predicted octanol–water partition coefficient (Wildman–Crippen LogP) is 0.761. The Bertz CT molecular complexity index is 392. The molecule has 0 bridgehead atoms. The Balaban J connectivity index is 2.47. The predicted molar refractivity (Wildman–Crippen MR) is 86.8 cm³/mol. The van der Waals surface area contributed by atoms with Gasteiger partial charge < -0.3 is 10.0 Å². The van der Waals surface area contributed by atoms with E-state index in [0.717, 1.165) is 19.4 Å². The van der Waals surface area contributed by atoms with Crippen molar-refractivity contribution in [3.05, 3.63) is 0 Å². The minimum Gasteiger partial charge on any atom is -0.345 e. The molecule has 1 heterocycles. The van der Waals surface area contributed by atoms with Gasteiger partial charge in [0.05, 0.1) is 12.1 Å². The molecule has 7 heteroatoms. The lowest BCUT2D eigenvalue weighted by molar-refractivity contribution is -0.120. The maximum absolute atomic E-state index is 12.1. The molecule has 20 heavy (non-hydrogen) atoms. The lowest BCUT2D eigenvalue weighted by atomic mass is 9.80. The van der Waals surface area contributed by atoms with Crippen LogP contribution in [0.5, 0.6) is 0 Å². The smallest absolute Gasteiger partial charge is 0.297 e. The van der Waals surface area contributed by atoms with Crippen LogP contribution in [0, 0.1) is 5.92 Å². The van der Waals surface area contributed by atoms with Crippen LogP contribution in [0.25, 0.3) is 0 Å². The molecule has 0 saturated carbocycles. The van der Waals surface area contributed by atoms with Crippen molar-refractivity contribution in [2.75, 3.05) is 13.1 Å². The van der Waals surface area contributed by atoms with Crippen LogP contribution >= 0.6 is 22.6 Å². The quantitative estimate of drug-likeness (QED) is 0.395. The Hall–Kier alpha value is -0.275. The number of likely N-dealkylation sites (tertiary alicyclic amines) is 1. The van der Waals surface area contributed by atoms with E-state index in [-0.39, 0.29) is 33.3 Å². The molecule has 5 nitrogen and oxygen atoms in total. The Morgan fingerprint density at radius 2 is 2.00 bits per heavy atom. The number of rotatable bonds is 7. The van der Waals surface area contributed by atoms with Crippen LogP contribution in [0.3, 0.4) is 0 Å². The second-order valence-corrected chi connectivity index (χ2v) is 6.42. The molecule has 1 aliphatic rings. The van der Waals surface area contributed by atoms with Gasteiger partial charge >= 0.3 is 0 Å². The second-order valence-electron chi connectivity index (χ2n) is 5.36. The van der Waals surface area contributed by atoms with Crippen molar-refractivity contribution in [2.45, 2.75) is 45.7 Å². The minimum absolute atomic E-state index is 0.00440. The van der Waals surface area contributed by atoms with Crippen LogP contribution in [0.4, 0.5) is 0 Å². The van der Waals surface area contributed by atoms with Crippen LogP contribution < -0.4 is 5.23 Å². The average Bonchev–Trinajstić information content (AvgIpc) is 2.43. The molecule has 0 aromatic heterocycles. The van der Waals surface area contributed by atoms with Gasteiger partial charge in [-0.05, 0) is 62.7 Å². The number of Topliss-reactive ketones (excluding diaryl/α,β-unsaturated/α-hetero) is 1. The molecule has 0 amide bonds. The van der Waals surface area contributed by atoms with E-state index in [2.05, 4.69) is 5.23 Å². The third-order valence-electron chi connectivity index (χ3n) is 3.82. The monoisotopic (exact) mass is 391 g/mol. The van der Waals surface area contributed by atoms with Gasteiger partial charge in [-0.3, -0.25) is 14.5 Å². The van der Waals surface area contributed by atoms with Gasteiger partial charge in [0.15, 0.2) is 3.79 Å². The normalized spacial score (nSPS) is 22.9. The van der Waals surface area contributed by atoms with E-state index in [0.29, 0.717) is 6.54 Å². The molecular weight excluding hydrogens is 370 g/mol. The molecule has 1 saturated heterocycles. The fourth-order valence-electron chi connectivity index (χ4n) is 2.17. The van der Waals surface area contributed by atoms with Crippen molar-refractivity contribution in [1.29, 1.82) is 0 Å². The SMILES string of the molecule is CC(=O)C(C)N[B]C(=O)C(C)N1CCCC(C(=O)I)C1. The fourth-order valence-corrected chi connectivity index (χ4v) is 2.68. The highest BCUT2D eigenvalue weighted by atomic mass is 127. The number of carbonyl (C=O) groups excluding carboxylic acids is 3. The third-order valence-corrected chi connectivity index (χ3v) is 4.70. The number of halogens is 1. The first-order valence-electron chi connectivity index (χ1n) is 6.90. The first-order valence-corrected chi connectivity index (χ1v) is 7.97. The summed E-state index contributed by atoms with van der Waals surface area (Å²) in [5.41, 5.74) is -0.0559. The van der Waals surface area contributed by atoms with E-state index in [1.807, 2.05) is 34.4 Å². The fraction of sp³-hybridized carbons (Fsp3) is 0.769. The van der Waals surface area contributed by atoms with Crippen LogP contribution in [0.2, 0.25) is 0 Å². The van der Waals surface area contributed by atoms with Gasteiger partial charge in [0.1, 0.15) is 11.5 Å². The Labute approximate surface area is 134 Å². The molecule has 3 atom stereocenters. The largest absolute Gasteiger partial charge is 0.345 e. The summed E-state index contributed by atoms with van der Waals surface area (Å²) in [6.07, 6.45) is 1.84. The summed E-state index contributed by atoms with van der Waals surface area (Å²) in [6, 6.07) is -0.614. The van der Waals surface area contributed by atoms with Crippen molar-refractivity contribution in [3.63, 3.8) is 0 Å². The van der Waals surface area contributed by atoms with E-state index in [4.69, 9.17) is 0 Å². The Kier molecular flexibility index (Phi) is 7.32. The molecule has 111 valence electrons. The highest BCUT2D eigenvalue weighted by Gasteiger charge is 2.30. The molecular formula is C13H21BIN2O3. The van der Waals surface area contributed by atoms with Gasteiger partial charge in [0.25, 0.3) is 7.41 Å². The number of nitrogens with zero attached hydrogens (tertiary/aromatic N) is 1. The van der Waals surface area contributed by atoms with Gasteiger partial charge in [-0.2, -0.15) is 0 Å². The van der Waals surface area contributed by atoms with Crippen molar-refractivity contribution in [3.8, 4) is 0 Å². The zero-order chi connectivity index (χ0) is 15.3. The zero-order valence-electron chi connectivity index (χ0n) is 12.2. The van der Waals surface area contributed by atoms with Gasteiger partial charge in [-0.15, -0.1) is 0 Å². The van der Waals surface area contributed by atoms with E-state index < -0.39 is 0 Å². The van der Waals surface area contributed by atoms with Crippen molar-refractivity contribution in [2.24, 2.45) is 5.92 Å². The summed E-state index contributed by atoms with van der Waals surface area (Å²) in [7, 11) is 1.38. The number of nitrogens with one attached hydrogen (secondary N) is 1. The first kappa shape index (κ1) is 17.8. The van der Waals surface area contributed by atoms with Crippen molar-refractivity contribution >= 4 is 45.3 Å². The minimum atomic E-state index is -0.351. The number of piperidine rings is 1. The van der Waals surface area contributed by atoms with E-state index in [1.165, 1.54) is 14.3 Å². The van der Waals surface area contributed by atoms with Crippen molar-refractivity contribution < 1.29 is 14.4 Å². The lowest BCUT2D eigenvalue weighted by Gasteiger charge is -2.35. The summed E-state index contributed by atoms with van der Waals surface area (Å²) in [5.74, 6) is 0.0268. The molecule has 0 aromatic rings. The second kappa shape index (κ2) is 8.24. The van der Waals surface area contributed by atoms with Crippen LogP contribution in [0.15, 0.2) is 0 Å². The van der Waals surface area contributed by atoms with E-state index >= 15 is 0 Å². The summed E-state index contributed by atoms with van der Waals surface area (Å²) < 4.78 is 0.166. The standard InChI is InChI=1S/C13H21BIN2O3/c1-8(10(3)18)16-14-12(19)9(2)17-6-4-5-11(7-17)13(15)20/h8-9,11,16H,4-7H2,1-3H3. The number of hydrogen-bond donors (Lipinski definition) is 1. The van der Waals surface area contributed by atoms with Gasteiger partial charge in [-0.1, -0.05) is 0 Å². The number of hydrogen-bond acceptors (Lipinski definition) is 5. The summed E-state index contributed by atoms with van der Waals surface area (Å²) in [5, 5.41) is 2.82. The molecule has 1 fully saturated rings. The molecule has 1 rings (SSSR count). The van der Waals surface area contributed by atoms with Crippen LogP contribution in [-0.4, -0.2) is 52.7 Å². The van der Waals surface area contributed by atoms with Crippen molar-refractivity contribution in [1.82, 2.24) is 10.1 Å². The molecule has 1 aliphatic heterocycles. The summed E-state index contributed by atoms with van der Waals surface area (Å²) in [4.78, 5) is 36.7. The average molecular weight is 391 g/mol. The van der Waals surface area contributed by atoms with Crippen LogP contribution in [0.1, 0.15) is 33.6 Å². The lowest BCUT2D eigenvalue weighted by Crippen LogP contribution is -2.50. The zero-order valence-corrected chi connectivity index (χ0v) is 14.3. The maximum Gasteiger partial charge on any atom is 0.297 e. The first-order chi connectivity index (χ1) is 9.32. The Morgan fingerprint density at radius 1 is 1.35 bits per heavy atom. The Morgan fingerprint density at radius 3 is 2.55 bits per heavy atom. The molecule has 0 aliphatic carbocycles. The number of carbonyl (C=O) groups is 3. The number of ketones is 1. The van der Waals surface area contributed by atoms with E-state index in [1.54, 1.807) is 6.92 Å². The molecule has 0 aromatic carbocycles. The van der Waals surface area contributed by atoms with Gasteiger partial charge in [0, 0.05) is 12.5 Å². The highest BCUT2D eigenvalue weighted by molar-refractivity contribution is 14.1. The van der Waals surface area contributed by atoms with E-state index in [9.17, 15) is 14.4 Å². The topological polar surface area (TPSA) is 66.5 Å². The third kappa shape index (κ3) is 5.25. The molecule has 0 spiro atoms.